The molecule has 0 fully saturated rings. The molecule has 16 heavy (non-hydrogen) atoms. The Morgan fingerprint density at radius 3 is 2.25 bits per heavy atom. The number of ether oxygens (including phenoxy) is 1. The predicted molar refractivity (Wildman–Crippen MR) is 57.8 cm³/mol. The molecule has 96 valence electrons. The summed E-state index contributed by atoms with van der Waals surface area (Å²) in [6.45, 7) is 2.71. The van der Waals surface area contributed by atoms with Crippen LogP contribution in [0.15, 0.2) is 0 Å². The largest absolute Gasteiger partial charge is 0.394 e. The standard InChI is InChI=1S/C10H21NO5/c1-4-7(11-6(2)13)9(14)10(15)8(5-12)16-3/h7-10,12,14-15H,4-5H2,1-3H3,(H,11,13). The van der Waals surface area contributed by atoms with E-state index in [1.54, 1.807) is 6.92 Å². The van der Waals surface area contributed by atoms with Gasteiger partial charge in [0.2, 0.25) is 5.91 Å². The van der Waals surface area contributed by atoms with E-state index in [0.717, 1.165) is 0 Å². The summed E-state index contributed by atoms with van der Waals surface area (Å²) >= 11 is 0. The molecule has 6 nitrogen and oxygen atoms in total. The van der Waals surface area contributed by atoms with E-state index in [9.17, 15) is 15.0 Å². The highest BCUT2D eigenvalue weighted by Crippen LogP contribution is 2.09. The zero-order valence-electron chi connectivity index (χ0n) is 9.88. The predicted octanol–water partition coefficient (Wildman–Crippen LogP) is -1.37. The van der Waals surface area contributed by atoms with Crippen molar-refractivity contribution in [2.24, 2.45) is 0 Å². The molecular weight excluding hydrogens is 214 g/mol. The van der Waals surface area contributed by atoms with Crippen molar-refractivity contribution in [3.05, 3.63) is 0 Å². The summed E-state index contributed by atoms with van der Waals surface area (Å²) in [5.74, 6) is -0.281. The van der Waals surface area contributed by atoms with Gasteiger partial charge in [-0.2, -0.15) is 0 Å². The summed E-state index contributed by atoms with van der Waals surface area (Å²) in [5, 5.41) is 30.9. The zero-order chi connectivity index (χ0) is 12.7. The lowest BCUT2D eigenvalue weighted by atomic mass is 9.99. The molecule has 0 aliphatic carbocycles. The fourth-order valence-electron chi connectivity index (χ4n) is 1.47. The monoisotopic (exact) mass is 235 g/mol. The third-order valence-electron chi connectivity index (χ3n) is 2.45. The number of hydrogen-bond donors (Lipinski definition) is 4. The third kappa shape index (κ3) is 4.44. The number of hydrogen-bond acceptors (Lipinski definition) is 5. The maximum atomic E-state index is 10.9. The van der Waals surface area contributed by atoms with Gasteiger partial charge in [-0.05, 0) is 6.42 Å². The minimum Gasteiger partial charge on any atom is -0.394 e. The van der Waals surface area contributed by atoms with Crippen molar-refractivity contribution < 1.29 is 24.9 Å². The summed E-state index contributed by atoms with van der Waals surface area (Å²) in [7, 11) is 1.33. The van der Waals surface area contributed by atoms with E-state index in [1.165, 1.54) is 14.0 Å². The van der Waals surface area contributed by atoms with Crippen molar-refractivity contribution in [1.82, 2.24) is 5.32 Å². The Kier molecular flexibility index (Phi) is 7.24. The number of carbonyl (C=O) groups excluding carboxylic acids is 1. The number of nitrogens with one attached hydrogen (secondary N) is 1. The van der Waals surface area contributed by atoms with Crippen LogP contribution in [0.1, 0.15) is 20.3 Å². The van der Waals surface area contributed by atoms with Crippen LogP contribution in [0, 0.1) is 0 Å². The van der Waals surface area contributed by atoms with Crippen LogP contribution < -0.4 is 5.32 Å². The van der Waals surface area contributed by atoms with Crippen molar-refractivity contribution >= 4 is 5.91 Å². The Bertz CT molecular complexity index is 207. The highest BCUT2D eigenvalue weighted by atomic mass is 16.5. The summed E-state index contributed by atoms with van der Waals surface area (Å²) in [6, 6.07) is -0.559. The first-order valence-corrected chi connectivity index (χ1v) is 5.24. The molecule has 4 N–H and O–H groups in total. The van der Waals surface area contributed by atoms with E-state index < -0.39 is 31.0 Å². The van der Waals surface area contributed by atoms with Crippen molar-refractivity contribution in [1.29, 1.82) is 0 Å². The lowest BCUT2D eigenvalue weighted by Gasteiger charge is -2.30. The van der Waals surface area contributed by atoms with Gasteiger partial charge in [0.15, 0.2) is 0 Å². The second kappa shape index (κ2) is 7.56. The van der Waals surface area contributed by atoms with Gasteiger partial charge in [0.1, 0.15) is 18.3 Å². The summed E-state index contributed by atoms with van der Waals surface area (Å²) < 4.78 is 4.81. The van der Waals surface area contributed by atoms with Gasteiger partial charge in [-0.15, -0.1) is 0 Å². The van der Waals surface area contributed by atoms with Gasteiger partial charge in [-0.1, -0.05) is 6.92 Å². The highest BCUT2D eigenvalue weighted by Gasteiger charge is 2.31. The molecule has 1 amide bonds. The molecule has 0 rings (SSSR count). The van der Waals surface area contributed by atoms with Crippen molar-refractivity contribution in [3.8, 4) is 0 Å². The van der Waals surface area contributed by atoms with Crippen LogP contribution in [0.5, 0.6) is 0 Å². The first kappa shape index (κ1) is 15.3. The molecule has 0 aromatic heterocycles. The number of methoxy groups -OCH3 is 1. The van der Waals surface area contributed by atoms with E-state index in [2.05, 4.69) is 5.32 Å². The molecule has 4 unspecified atom stereocenters. The zero-order valence-corrected chi connectivity index (χ0v) is 9.88. The van der Waals surface area contributed by atoms with Gasteiger partial charge in [-0.25, -0.2) is 0 Å². The van der Waals surface area contributed by atoms with Crippen molar-refractivity contribution in [3.63, 3.8) is 0 Å². The molecule has 0 heterocycles. The van der Waals surface area contributed by atoms with Gasteiger partial charge in [0, 0.05) is 14.0 Å². The Morgan fingerprint density at radius 2 is 1.94 bits per heavy atom. The van der Waals surface area contributed by atoms with E-state index in [0.29, 0.717) is 6.42 Å². The lowest BCUT2D eigenvalue weighted by molar-refractivity contribution is -0.125. The second-order valence-corrected chi connectivity index (χ2v) is 3.65. The minimum absolute atomic E-state index is 0.281. The summed E-state index contributed by atoms with van der Waals surface area (Å²) in [5.41, 5.74) is 0. The maximum absolute atomic E-state index is 10.9. The molecule has 4 atom stereocenters. The fraction of sp³-hybridized carbons (Fsp3) is 0.900. The average molecular weight is 235 g/mol. The number of rotatable bonds is 7. The number of aliphatic hydroxyl groups is 3. The van der Waals surface area contributed by atoms with Gasteiger partial charge in [0.25, 0.3) is 0 Å². The van der Waals surface area contributed by atoms with E-state index in [1.807, 2.05) is 0 Å². The molecule has 6 heteroatoms. The lowest BCUT2D eigenvalue weighted by Crippen LogP contribution is -2.52. The average Bonchev–Trinajstić information content (AvgIpc) is 2.26. The molecule has 0 saturated carbocycles. The molecule has 0 aromatic rings. The van der Waals surface area contributed by atoms with E-state index in [4.69, 9.17) is 9.84 Å². The Balaban J connectivity index is 4.47. The first-order chi connectivity index (χ1) is 7.47. The van der Waals surface area contributed by atoms with Crippen LogP contribution in [0.2, 0.25) is 0 Å². The smallest absolute Gasteiger partial charge is 0.217 e. The van der Waals surface area contributed by atoms with E-state index in [-0.39, 0.29) is 5.91 Å². The second-order valence-electron chi connectivity index (χ2n) is 3.65. The van der Waals surface area contributed by atoms with Crippen LogP contribution in [-0.4, -0.2) is 59.3 Å². The molecule has 0 aromatic carbocycles. The summed E-state index contributed by atoms with van der Waals surface area (Å²) in [6.07, 6.45) is -2.81. The Hall–Kier alpha value is -0.690. The van der Waals surface area contributed by atoms with Crippen LogP contribution in [0.4, 0.5) is 0 Å². The van der Waals surface area contributed by atoms with Crippen molar-refractivity contribution in [2.45, 2.75) is 44.6 Å². The normalized spacial score (nSPS) is 18.6. The van der Waals surface area contributed by atoms with Gasteiger partial charge in [-0.3, -0.25) is 4.79 Å². The van der Waals surface area contributed by atoms with Gasteiger partial charge in [0.05, 0.1) is 12.6 Å². The van der Waals surface area contributed by atoms with E-state index >= 15 is 0 Å². The van der Waals surface area contributed by atoms with Gasteiger partial charge < -0.3 is 25.4 Å². The fourth-order valence-corrected chi connectivity index (χ4v) is 1.47. The number of aliphatic hydroxyl groups excluding tert-OH is 3. The van der Waals surface area contributed by atoms with Crippen LogP contribution in [0.3, 0.4) is 0 Å². The van der Waals surface area contributed by atoms with Gasteiger partial charge >= 0.3 is 0 Å². The molecule has 0 aliphatic heterocycles. The molecular formula is C10H21NO5. The number of carbonyl (C=O) groups is 1. The topological polar surface area (TPSA) is 99.0 Å². The SMILES string of the molecule is CCC(NC(C)=O)C(O)C(O)C(CO)OC. The minimum atomic E-state index is -1.24. The molecule has 0 saturated heterocycles. The molecule has 0 bridgehead atoms. The Labute approximate surface area is 95.2 Å². The Morgan fingerprint density at radius 1 is 1.38 bits per heavy atom. The quantitative estimate of drug-likeness (QED) is 0.436. The molecule has 0 radical (unpaired) electrons. The molecule has 0 spiro atoms. The number of amides is 1. The van der Waals surface area contributed by atoms with Crippen LogP contribution in [0.25, 0.3) is 0 Å². The molecule has 0 aliphatic rings. The summed E-state index contributed by atoms with van der Waals surface area (Å²) in [4.78, 5) is 10.9. The third-order valence-corrected chi connectivity index (χ3v) is 2.45. The van der Waals surface area contributed by atoms with Crippen LogP contribution in [-0.2, 0) is 9.53 Å². The highest BCUT2D eigenvalue weighted by molar-refractivity contribution is 5.73. The van der Waals surface area contributed by atoms with Crippen molar-refractivity contribution in [2.75, 3.05) is 13.7 Å². The van der Waals surface area contributed by atoms with Crippen LogP contribution >= 0.6 is 0 Å². The maximum Gasteiger partial charge on any atom is 0.217 e. The first-order valence-electron chi connectivity index (χ1n) is 5.24.